The van der Waals surface area contributed by atoms with E-state index in [9.17, 15) is 9.59 Å². The van der Waals surface area contributed by atoms with Crippen molar-refractivity contribution in [3.05, 3.63) is 23.8 Å². The van der Waals surface area contributed by atoms with Gasteiger partial charge in [0.15, 0.2) is 0 Å². The Morgan fingerprint density at radius 2 is 1.74 bits per heavy atom. The van der Waals surface area contributed by atoms with Gasteiger partial charge in [-0.15, -0.1) is 0 Å². The van der Waals surface area contributed by atoms with Crippen molar-refractivity contribution in [1.29, 1.82) is 0 Å². The van der Waals surface area contributed by atoms with Crippen LogP contribution in [0.4, 0.5) is 11.4 Å². The van der Waals surface area contributed by atoms with E-state index < -0.39 is 0 Å². The van der Waals surface area contributed by atoms with Crippen molar-refractivity contribution in [2.75, 3.05) is 30.3 Å². The summed E-state index contributed by atoms with van der Waals surface area (Å²) in [6.45, 7) is 9.77. The number of hydrogen-bond acceptors (Lipinski definition) is 3. The predicted octanol–water partition coefficient (Wildman–Crippen LogP) is 3.40. The molecule has 1 aromatic carbocycles. The molecule has 0 aromatic heterocycles. The Balaban J connectivity index is 2.68. The van der Waals surface area contributed by atoms with Crippen LogP contribution < -0.4 is 10.6 Å². The Morgan fingerprint density at radius 1 is 1.09 bits per heavy atom. The lowest BCUT2D eigenvalue weighted by Gasteiger charge is -2.22. The number of carbonyl (C=O) groups is 2. The van der Waals surface area contributed by atoms with Crippen molar-refractivity contribution in [3.63, 3.8) is 0 Å². The fraction of sp³-hybridized carbons (Fsp3) is 0.556. The normalized spacial score (nSPS) is 10.3. The van der Waals surface area contributed by atoms with Gasteiger partial charge in [-0.2, -0.15) is 0 Å². The van der Waals surface area contributed by atoms with E-state index in [1.165, 1.54) is 0 Å². The minimum atomic E-state index is -0.0154. The summed E-state index contributed by atoms with van der Waals surface area (Å²) < 4.78 is 0. The molecule has 1 aromatic rings. The van der Waals surface area contributed by atoms with Crippen LogP contribution in [-0.4, -0.2) is 36.3 Å². The number of amides is 2. The van der Waals surface area contributed by atoms with Crippen molar-refractivity contribution in [2.24, 2.45) is 0 Å². The van der Waals surface area contributed by atoms with Gasteiger partial charge in [0.2, 0.25) is 11.8 Å². The Labute approximate surface area is 139 Å². The first kappa shape index (κ1) is 19.0. The lowest BCUT2D eigenvalue weighted by Crippen LogP contribution is -2.36. The minimum absolute atomic E-state index is 0.0154. The number of benzene rings is 1. The SMILES string of the molecule is CCCN(CCC)C(=O)CNc1ccc(C)c(NC(=O)CC)c1. The van der Waals surface area contributed by atoms with Gasteiger partial charge in [0, 0.05) is 30.9 Å². The molecule has 0 aliphatic carbocycles. The van der Waals surface area contributed by atoms with Crippen molar-refractivity contribution >= 4 is 23.2 Å². The highest BCUT2D eigenvalue weighted by Crippen LogP contribution is 2.20. The topological polar surface area (TPSA) is 61.4 Å². The fourth-order valence-electron chi connectivity index (χ4n) is 2.30. The van der Waals surface area contributed by atoms with Crippen LogP contribution in [0.2, 0.25) is 0 Å². The van der Waals surface area contributed by atoms with Crippen LogP contribution in [0.25, 0.3) is 0 Å². The van der Waals surface area contributed by atoms with Crippen LogP contribution in [0, 0.1) is 6.92 Å². The molecule has 23 heavy (non-hydrogen) atoms. The maximum atomic E-state index is 12.3. The largest absolute Gasteiger partial charge is 0.376 e. The summed E-state index contributed by atoms with van der Waals surface area (Å²) in [6, 6.07) is 5.74. The third kappa shape index (κ3) is 6.30. The van der Waals surface area contributed by atoms with E-state index in [-0.39, 0.29) is 18.4 Å². The zero-order chi connectivity index (χ0) is 17.2. The summed E-state index contributed by atoms with van der Waals surface area (Å²) in [5, 5.41) is 6.04. The summed E-state index contributed by atoms with van der Waals surface area (Å²) >= 11 is 0. The molecule has 0 aliphatic heterocycles. The van der Waals surface area contributed by atoms with Crippen molar-refractivity contribution < 1.29 is 9.59 Å². The molecule has 0 saturated carbocycles. The number of rotatable bonds is 9. The van der Waals surface area contributed by atoms with Gasteiger partial charge in [-0.05, 0) is 37.5 Å². The molecule has 0 unspecified atom stereocenters. The monoisotopic (exact) mass is 319 g/mol. The summed E-state index contributed by atoms with van der Waals surface area (Å²) in [5.74, 6) is 0.0896. The van der Waals surface area contributed by atoms with Gasteiger partial charge in [-0.3, -0.25) is 9.59 Å². The molecule has 5 heteroatoms. The number of nitrogens with zero attached hydrogens (tertiary/aromatic N) is 1. The first-order valence-corrected chi connectivity index (χ1v) is 8.43. The van der Waals surface area contributed by atoms with Crippen LogP contribution >= 0.6 is 0 Å². The van der Waals surface area contributed by atoms with E-state index in [4.69, 9.17) is 0 Å². The van der Waals surface area contributed by atoms with Gasteiger partial charge < -0.3 is 15.5 Å². The van der Waals surface area contributed by atoms with Crippen LogP contribution in [0.15, 0.2) is 18.2 Å². The third-order valence-electron chi connectivity index (χ3n) is 3.62. The molecule has 0 saturated heterocycles. The predicted molar refractivity (Wildman–Crippen MR) is 95.8 cm³/mol. The van der Waals surface area contributed by atoms with Gasteiger partial charge in [-0.1, -0.05) is 26.8 Å². The molecule has 0 aliphatic rings. The van der Waals surface area contributed by atoms with E-state index in [2.05, 4.69) is 24.5 Å². The molecular formula is C18H29N3O2. The molecule has 0 fully saturated rings. The minimum Gasteiger partial charge on any atom is -0.376 e. The van der Waals surface area contributed by atoms with Gasteiger partial charge in [-0.25, -0.2) is 0 Å². The average Bonchev–Trinajstić information content (AvgIpc) is 2.54. The van der Waals surface area contributed by atoms with Crippen LogP contribution in [-0.2, 0) is 9.59 Å². The molecule has 0 radical (unpaired) electrons. The summed E-state index contributed by atoms with van der Waals surface area (Å²) in [7, 11) is 0. The molecule has 0 bridgehead atoms. The number of anilines is 2. The fourth-order valence-corrected chi connectivity index (χ4v) is 2.30. The van der Waals surface area contributed by atoms with Gasteiger partial charge in [0.05, 0.1) is 6.54 Å². The van der Waals surface area contributed by atoms with Gasteiger partial charge in [0.1, 0.15) is 0 Å². The molecule has 1 rings (SSSR count). The Morgan fingerprint density at radius 3 is 2.30 bits per heavy atom. The highest BCUT2D eigenvalue weighted by Gasteiger charge is 2.11. The quantitative estimate of drug-likeness (QED) is 0.733. The van der Waals surface area contributed by atoms with Crippen LogP contribution in [0.5, 0.6) is 0 Å². The maximum Gasteiger partial charge on any atom is 0.241 e. The molecule has 2 N–H and O–H groups in total. The Hall–Kier alpha value is -2.04. The summed E-state index contributed by atoms with van der Waals surface area (Å²) in [6.07, 6.45) is 2.37. The molecule has 128 valence electrons. The van der Waals surface area contributed by atoms with E-state index in [0.29, 0.717) is 6.42 Å². The molecule has 0 spiro atoms. The highest BCUT2D eigenvalue weighted by molar-refractivity contribution is 5.92. The first-order valence-electron chi connectivity index (χ1n) is 8.43. The van der Waals surface area contributed by atoms with E-state index in [1.807, 2.05) is 36.9 Å². The third-order valence-corrected chi connectivity index (χ3v) is 3.62. The maximum absolute atomic E-state index is 12.3. The summed E-state index contributed by atoms with van der Waals surface area (Å²) in [4.78, 5) is 25.7. The standard InChI is InChI=1S/C18H29N3O2/c1-5-10-21(11-6-2)18(23)13-19-15-9-8-14(4)16(12-15)20-17(22)7-3/h8-9,12,19H,5-7,10-11,13H2,1-4H3,(H,20,22). The highest BCUT2D eigenvalue weighted by atomic mass is 16.2. The van der Waals surface area contributed by atoms with Crippen molar-refractivity contribution in [1.82, 2.24) is 4.90 Å². The molecule has 0 atom stereocenters. The Bertz CT molecular complexity index is 523. The first-order chi connectivity index (χ1) is 11.0. The Kier molecular flexibility index (Phi) is 8.16. The second kappa shape index (κ2) is 9.87. The second-order valence-electron chi connectivity index (χ2n) is 5.67. The number of carbonyl (C=O) groups excluding carboxylic acids is 2. The van der Waals surface area contributed by atoms with Crippen LogP contribution in [0.1, 0.15) is 45.6 Å². The zero-order valence-corrected chi connectivity index (χ0v) is 14.7. The molecule has 2 amide bonds. The van der Waals surface area contributed by atoms with E-state index in [1.54, 1.807) is 0 Å². The molecule has 0 heterocycles. The van der Waals surface area contributed by atoms with Gasteiger partial charge in [0.25, 0.3) is 0 Å². The molecular weight excluding hydrogens is 290 g/mol. The molecule has 5 nitrogen and oxygen atoms in total. The van der Waals surface area contributed by atoms with Crippen molar-refractivity contribution in [3.8, 4) is 0 Å². The van der Waals surface area contributed by atoms with E-state index >= 15 is 0 Å². The average molecular weight is 319 g/mol. The lowest BCUT2D eigenvalue weighted by molar-refractivity contribution is -0.129. The number of hydrogen-bond donors (Lipinski definition) is 2. The van der Waals surface area contributed by atoms with Gasteiger partial charge >= 0.3 is 0 Å². The van der Waals surface area contributed by atoms with Crippen LogP contribution in [0.3, 0.4) is 0 Å². The smallest absolute Gasteiger partial charge is 0.241 e. The number of aryl methyl sites for hydroxylation is 1. The van der Waals surface area contributed by atoms with E-state index in [0.717, 1.165) is 42.9 Å². The zero-order valence-electron chi connectivity index (χ0n) is 14.7. The summed E-state index contributed by atoms with van der Waals surface area (Å²) in [5.41, 5.74) is 2.62. The second-order valence-corrected chi connectivity index (χ2v) is 5.67. The lowest BCUT2D eigenvalue weighted by atomic mass is 10.1. The number of nitrogens with one attached hydrogen (secondary N) is 2. The van der Waals surface area contributed by atoms with Crippen molar-refractivity contribution in [2.45, 2.75) is 47.0 Å².